The van der Waals surface area contributed by atoms with Gasteiger partial charge in [0.25, 0.3) is 0 Å². The van der Waals surface area contributed by atoms with Gasteiger partial charge < -0.3 is 4.98 Å². The van der Waals surface area contributed by atoms with E-state index in [2.05, 4.69) is 23.2 Å². The first-order chi connectivity index (χ1) is 10.4. The zero-order valence-corrected chi connectivity index (χ0v) is 13.3. The number of hydrogen-bond donors (Lipinski definition) is 1. The van der Waals surface area contributed by atoms with Crippen molar-refractivity contribution in [2.75, 3.05) is 6.26 Å². The van der Waals surface area contributed by atoms with Crippen molar-refractivity contribution in [1.29, 1.82) is 0 Å². The number of hydrogen-bond acceptors (Lipinski definition) is 2. The maximum absolute atomic E-state index is 11.6. The molecule has 0 unspecified atom stereocenters. The van der Waals surface area contributed by atoms with Crippen molar-refractivity contribution in [1.82, 2.24) is 4.98 Å². The average molecular weight is 311 g/mol. The summed E-state index contributed by atoms with van der Waals surface area (Å²) in [4.78, 5) is 3.70. The SMILES string of the molecule is Cc1cc(-c2ccccc2)c(-c2ccc(S(C)(=O)=O)cc2)[nH]1. The summed E-state index contributed by atoms with van der Waals surface area (Å²) >= 11 is 0. The molecule has 0 aliphatic carbocycles. The van der Waals surface area contributed by atoms with E-state index in [4.69, 9.17) is 0 Å². The fraction of sp³-hybridized carbons (Fsp3) is 0.111. The summed E-state index contributed by atoms with van der Waals surface area (Å²) < 4.78 is 23.1. The van der Waals surface area contributed by atoms with Gasteiger partial charge in [0, 0.05) is 17.5 Å². The molecule has 0 aliphatic heterocycles. The van der Waals surface area contributed by atoms with Gasteiger partial charge in [-0.2, -0.15) is 0 Å². The number of rotatable bonds is 3. The molecule has 22 heavy (non-hydrogen) atoms. The van der Waals surface area contributed by atoms with Crippen LogP contribution in [0.5, 0.6) is 0 Å². The quantitative estimate of drug-likeness (QED) is 0.793. The fourth-order valence-corrected chi connectivity index (χ4v) is 3.16. The fourth-order valence-electron chi connectivity index (χ4n) is 2.53. The van der Waals surface area contributed by atoms with Crippen molar-refractivity contribution in [2.24, 2.45) is 0 Å². The van der Waals surface area contributed by atoms with Gasteiger partial charge in [0.2, 0.25) is 0 Å². The van der Waals surface area contributed by atoms with E-state index in [0.717, 1.165) is 28.1 Å². The van der Waals surface area contributed by atoms with E-state index in [-0.39, 0.29) is 0 Å². The highest BCUT2D eigenvalue weighted by atomic mass is 32.2. The highest BCUT2D eigenvalue weighted by molar-refractivity contribution is 7.90. The van der Waals surface area contributed by atoms with E-state index in [1.807, 2.05) is 37.3 Å². The third kappa shape index (κ3) is 2.83. The van der Waals surface area contributed by atoms with Gasteiger partial charge in [-0.1, -0.05) is 42.5 Å². The minimum Gasteiger partial charge on any atom is -0.358 e. The number of aromatic amines is 1. The molecule has 0 fully saturated rings. The van der Waals surface area contributed by atoms with E-state index < -0.39 is 9.84 Å². The summed E-state index contributed by atoms with van der Waals surface area (Å²) in [5.41, 5.74) is 5.29. The van der Waals surface area contributed by atoms with E-state index in [0.29, 0.717) is 4.90 Å². The Balaban J connectivity index is 2.10. The van der Waals surface area contributed by atoms with E-state index in [1.165, 1.54) is 6.26 Å². The first kappa shape index (κ1) is 14.6. The third-order valence-corrected chi connectivity index (χ3v) is 4.74. The van der Waals surface area contributed by atoms with E-state index >= 15 is 0 Å². The van der Waals surface area contributed by atoms with Gasteiger partial charge in [0.05, 0.1) is 10.6 Å². The molecular weight excluding hydrogens is 294 g/mol. The first-order valence-corrected chi connectivity index (χ1v) is 8.90. The van der Waals surface area contributed by atoms with Crippen molar-refractivity contribution in [2.45, 2.75) is 11.8 Å². The number of nitrogens with one attached hydrogen (secondary N) is 1. The van der Waals surface area contributed by atoms with Gasteiger partial charge in [0.1, 0.15) is 0 Å². The Bertz CT molecular complexity index is 892. The van der Waals surface area contributed by atoms with Gasteiger partial charge in [-0.05, 0) is 36.2 Å². The average Bonchev–Trinajstić information content (AvgIpc) is 2.89. The minimum atomic E-state index is -3.17. The first-order valence-electron chi connectivity index (χ1n) is 7.01. The molecule has 1 aromatic heterocycles. The van der Waals surface area contributed by atoms with Crippen molar-refractivity contribution < 1.29 is 8.42 Å². The summed E-state index contributed by atoms with van der Waals surface area (Å²) in [6, 6.07) is 19.2. The molecule has 3 aromatic rings. The topological polar surface area (TPSA) is 49.9 Å². The Morgan fingerprint density at radius 1 is 0.864 bits per heavy atom. The van der Waals surface area contributed by atoms with Gasteiger partial charge in [0.15, 0.2) is 9.84 Å². The van der Waals surface area contributed by atoms with Crippen LogP contribution < -0.4 is 0 Å². The number of benzene rings is 2. The number of H-pyrrole nitrogens is 1. The summed E-state index contributed by atoms with van der Waals surface area (Å²) in [5.74, 6) is 0. The summed E-state index contributed by atoms with van der Waals surface area (Å²) in [5, 5.41) is 0. The lowest BCUT2D eigenvalue weighted by Crippen LogP contribution is -1.96. The Kier molecular flexibility index (Phi) is 3.62. The van der Waals surface area contributed by atoms with Crippen molar-refractivity contribution in [3.8, 4) is 22.4 Å². The summed E-state index contributed by atoms with van der Waals surface area (Å²) in [6.07, 6.45) is 1.22. The molecule has 1 N–H and O–H groups in total. The largest absolute Gasteiger partial charge is 0.358 e. The highest BCUT2D eigenvalue weighted by Crippen LogP contribution is 2.32. The maximum Gasteiger partial charge on any atom is 0.175 e. The lowest BCUT2D eigenvalue weighted by molar-refractivity contribution is 0.602. The number of aryl methyl sites for hydroxylation is 1. The van der Waals surface area contributed by atoms with Gasteiger partial charge in [-0.15, -0.1) is 0 Å². The Hall–Kier alpha value is -2.33. The smallest absolute Gasteiger partial charge is 0.175 e. The molecule has 1 heterocycles. The molecule has 0 atom stereocenters. The highest BCUT2D eigenvalue weighted by Gasteiger charge is 2.12. The van der Waals surface area contributed by atoms with Crippen LogP contribution in [0.2, 0.25) is 0 Å². The summed E-state index contributed by atoms with van der Waals surface area (Å²) in [7, 11) is -3.17. The number of aromatic nitrogens is 1. The Labute approximate surface area is 130 Å². The second kappa shape index (κ2) is 5.46. The molecule has 0 radical (unpaired) electrons. The van der Waals surface area contributed by atoms with Crippen molar-refractivity contribution in [3.63, 3.8) is 0 Å². The van der Waals surface area contributed by atoms with Crippen molar-refractivity contribution >= 4 is 9.84 Å². The van der Waals surface area contributed by atoms with Gasteiger partial charge in [-0.3, -0.25) is 0 Å². The molecule has 0 saturated carbocycles. The molecule has 0 aliphatic rings. The maximum atomic E-state index is 11.6. The Morgan fingerprint density at radius 3 is 2.09 bits per heavy atom. The molecule has 112 valence electrons. The van der Waals surface area contributed by atoms with Crippen molar-refractivity contribution in [3.05, 3.63) is 66.4 Å². The molecule has 0 spiro atoms. The second-order valence-electron chi connectivity index (χ2n) is 5.40. The summed E-state index contributed by atoms with van der Waals surface area (Å²) in [6.45, 7) is 2.01. The van der Waals surface area contributed by atoms with Crippen LogP contribution in [0.15, 0.2) is 65.6 Å². The van der Waals surface area contributed by atoms with Crippen LogP contribution in [0.25, 0.3) is 22.4 Å². The lowest BCUT2D eigenvalue weighted by atomic mass is 10.0. The molecular formula is C18H17NO2S. The zero-order chi connectivity index (χ0) is 15.7. The van der Waals surface area contributed by atoms with Crippen LogP contribution in [-0.4, -0.2) is 19.7 Å². The van der Waals surface area contributed by atoms with Crippen LogP contribution in [0.4, 0.5) is 0 Å². The molecule has 4 heteroatoms. The Morgan fingerprint density at radius 2 is 1.50 bits per heavy atom. The van der Waals surface area contributed by atoms with Crippen LogP contribution in [0.1, 0.15) is 5.69 Å². The molecule has 0 amide bonds. The minimum absolute atomic E-state index is 0.334. The molecule has 2 aromatic carbocycles. The molecule has 3 rings (SSSR count). The van der Waals surface area contributed by atoms with E-state index in [1.54, 1.807) is 12.1 Å². The van der Waals surface area contributed by atoms with Gasteiger partial charge >= 0.3 is 0 Å². The number of sulfone groups is 1. The predicted molar refractivity (Wildman–Crippen MR) is 89.5 cm³/mol. The monoisotopic (exact) mass is 311 g/mol. The van der Waals surface area contributed by atoms with Crippen LogP contribution in [0.3, 0.4) is 0 Å². The second-order valence-corrected chi connectivity index (χ2v) is 7.42. The molecule has 0 saturated heterocycles. The lowest BCUT2D eigenvalue weighted by Gasteiger charge is -2.06. The normalized spacial score (nSPS) is 11.5. The van der Waals surface area contributed by atoms with Crippen LogP contribution in [-0.2, 0) is 9.84 Å². The van der Waals surface area contributed by atoms with Crippen LogP contribution >= 0.6 is 0 Å². The predicted octanol–water partition coefficient (Wildman–Crippen LogP) is 4.06. The standard InChI is InChI=1S/C18H17NO2S/c1-13-12-17(14-6-4-3-5-7-14)18(19-13)15-8-10-16(11-9-15)22(2,20)21/h3-12,19H,1-2H3. The van der Waals surface area contributed by atoms with E-state index in [9.17, 15) is 8.42 Å². The third-order valence-electron chi connectivity index (χ3n) is 3.61. The zero-order valence-electron chi connectivity index (χ0n) is 12.5. The molecule has 0 bridgehead atoms. The van der Waals surface area contributed by atoms with Gasteiger partial charge in [-0.25, -0.2) is 8.42 Å². The van der Waals surface area contributed by atoms with Crippen LogP contribution in [0, 0.1) is 6.92 Å². The molecule has 3 nitrogen and oxygen atoms in total.